The van der Waals surface area contributed by atoms with E-state index in [2.05, 4.69) is 10.6 Å². The standard InChI is InChI=1S/C29H32N2O5S2/c1-4-36-29(34)25-23-11-6-5-7-12-24(23)38-28(25)31-26(32)18(2)37-22-10-8-9-20(17-22)30-27(33)19-13-15-21(35-3)16-14-19/h8-10,13-18H,4-7,11-12H2,1-3H3,(H,30,33)(H,31,32). The van der Waals surface area contributed by atoms with E-state index in [1.807, 2.05) is 25.1 Å². The molecule has 0 spiro atoms. The van der Waals surface area contributed by atoms with Crippen LogP contribution in [-0.2, 0) is 22.4 Å². The molecule has 1 aromatic heterocycles. The first kappa shape index (κ1) is 27.7. The molecule has 2 aromatic carbocycles. The molecule has 0 aliphatic heterocycles. The van der Waals surface area contributed by atoms with E-state index in [4.69, 9.17) is 9.47 Å². The van der Waals surface area contributed by atoms with Crippen LogP contribution in [-0.4, -0.2) is 36.8 Å². The first-order valence-corrected chi connectivity index (χ1v) is 14.4. The Balaban J connectivity index is 1.43. The van der Waals surface area contributed by atoms with Gasteiger partial charge >= 0.3 is 5.97 Å². The molecular formula is C29H32N2O5S2. The van der Waals surface area contributed by atoms with Gasteiger partial charge in [0.1, 0.15) is 10.8 Å². The molecule has 1 atom stereocenters. The van der Waals surface area contributed by atoms with Crippen LogP contribution in [0.2, 0.25) is 0 Å². The number of thiophene rings is 1. The predicted octanol–water partition coefficient (Wildman–Crippen LogP) is 6.57. The van der Waals surface area contributed by atoms with Gasteiger partial charge in [-0.25, -0.2) is 4.79 Å². The van der Waals surface area contributed by atoms with Gasteiger partial charge in [0.15, 0.2) is 0 Å². The number of carbonyl (C=O) groups is 3. The second-order valence-electron chi connectivity index (χ2n) is 8.95. The molecule has 7 nitrogen and oxygen atoms in total. The highest BCUT2D eigenvalue weighted by molar-refractivity contribution is 8.00. The topological polar surface area (TPSA) is 93.7 Å². The van der Waals surface area contributed by atoms with Crippen LogP contribution in [0.15, 0.2) is 53.4 Å². The monoisotopic (exact) mass is 552 g/mol. The van der Waals surface area contributed by atoms with Crippen LogP contribution in [0.5, 0.6) is 5.75 Å². The first-order valence-electron chi connectivity index (χ1n) is 12.7. The second kappa shape index (κ2) is 13.0. The zero-order valence-electron chi connectivity index (χ0n) is 21.8. The minimum absolute atomic E-state index is 0.190. The fourth-order valence-electron chi connectivity index (χ4n) is 4.31. The molecular weight excluding hydrogens is 520 g/mol. The van der Waals surface area contributed by atoms with Gasteiger partial charge in [0.05, 0.1) is 24.5 Å². The molecule has 0 radical (unpaired) electrons. The van der Waals surface area contributed by atoms with Gasteiger partial charge in [-0.3, -0.25) is 9.59 Å². The number of esters is 1. The van der Waals surface area contributed by atoms with Crippen LogP contribution in [0.1, 0.15) is 64.3 Å². The van der Waals surface area contributed by atoms with Crippen LogP contribution in [0.3, 0.4) is 0 Å². The van der Waals surface area contributed by atoms with Crippen molar-refractivity contribution in [2.75, 3.05) is 24.4 Å². The highest BCUT2D eigenvalue weighted by atomic mass is 32.2. The van der Waals surface area contributed by atoms with Gasteiger partial charge in [-0.2, -0.15) is 0 Å². The Bertz CT molecular complexity index is 1300. The number of thioether (sulfide) groups is 1. The van der Waals surface area contributed by atoms with Crippen molar-refractivity contribution >= 4 is 51.6 Å². The summed E-state index contributed by atoms with van der Waals surface area (Å²) in [7, 11) is 1.58. The number of hydrogen-bond acceptors (Lipinski definition) is 7. The Labute approximate surface area is 231 Å². The van der Waals surface area contributed by atoms with Gasteiger partial charge in [-0.05, 0) is 87.6 Å². The van der Waals surface area contributed by atoms with Crippen molar-refractivity contribution in [3.63, 3.8) is 0 Å². The molecule has 2 amide bonds. The van der Waals surface area contributed by atoms with Gasteiger partial charge < -0.3 is 20.1 Å². The van der Waals surface area contributed by atoms with Crippen LogP contribution >= 0.6 is 23.1 Å². The lowest BCUT2D eigenvalue weighted by Gasteiger charge is -2.14. The number of fused-ring (bicyclic) bond motifs is 1. The molecule has 38 heavy (non-hydrogen) atoms. The van der Waals surface area contributed by atoms with Gasteiger partial charge in [0.25, 0.3) is 5.91 Å². The summed E-state index contributed by atoms with van der Waals surface area (Å²) in [5.74, 6) is -0.114. The van der Waals surface area contributed by atoms with Crippen molar-refractivity contribution in [1.29, 1.82) is 0 Å². The first-order chi connectivity index (χ1) is 18.4. The van der Waals surface area contributed by atoms with Crippen molar-refractivity contribution in [3.05, 3.63) is 70.1 Å². The van der Waals surface area contributed by atoms with Crippen molar-refractivity contribution in [3.8, 4) is 5.75 Å². The molecule has 1 unspecified atom stereocenters. The lowest BCUT2D eigenvalue weighted by Crippen LogP contribution is -2.23. The Morgan fingerprint density at radius 2 is 1.79 bits per heavy atom. The molecule has 4 rings (SSSR count). The van der Waals surface area contributed by atoms with E-state index in [1.54, 1.807) is 44.4 Å². The average Bonchev–Trinajstić information content (AvgIpc) is 3.08. The van der Waals surface area contributed by atoms with E-state index in [0.717, 1.165) is 42.6 Å². The summed E-state index contributed by atoms with van der Waals surface area (Å²) in [6.45, 7) is 3.90. The molecule has 0 saturated carbocycles. The zero-order valence-corrected chi connectivity index (χ0v) is 23.4. The molecule has 0 bridgehead atoms. The summed E-state index contributed by atoms with van der Waals surface area (Å²) in [6, 6.07) is 14.3. The van der Waals surface area contributed by atoms with Gasteiger partial charge in [0.2, 0.25) is 5.91 Å². The third kappa shape index (κ3) is 6.76. The maximum Gasteiger partial charge on any atom is 0.341 e. The van der Waals surface area contributed by atoms with Crippen molar-refractivity contribution in [2.24, 2.45) is 0 Å². The van der Waals surface area contributed by atoms with E-state index in [9.17, 15) is 14.4 Å². The van der Waals surface area contributed by atoms with E-state index in [0.29, 0.717) is 27.6 Å². The number of carbonyl (C=O) groups excluding carboxylic acids is 3. The Kier molecular flexibility index (Phi) is 9.47. The van der Waals surface area contributed by atoms with Crippen LogP contribution in [0.25, 0.3) is 0 Å². The largest absolute Gasteiger partial charge is 0.497 e. The molecule has 3 aromatic rings. The minimum atomic E-state index is -0.431. The van der Waals surface area contributed by atoms with E-state index in [1.165, 1.54) is 28.0 Å². The summed E-state index contributed by atoms with van der Waals surface area (Å²) in [5.41, 5.74) is 2.70. The predicted molar refractivity (Wildman–Crippen MR) is 153 cm³/mol. The highest BCUT2D eigenvalue weighted by Gasteiger charge is 2.27. The number of benzene rings is 2. The maximum absolute atomic E-state index is 13.2. The number of ether oxygens (including phenoxy) is 2. The lowest BCUT2D eigenvalue weighted by atomic mass is 10.1. The van der Waals surface area contributed by atoms with Crippen molar-refractivity contribution in [1.82, 2.24) is 0 Å². The summed E-state index contributed by atoms with van der Waals surface area (Å²) in [5, 5.41) is 6.05. The molecule has 0 saturated heterocycles. The molecule has 1 aliphatic carbocycles. The van der Waals surface area contributed by atoms with Gasteiger partial charge in [-0.15, -0.1) is 23.1 Å². The average molecular weight is 553 g/mol. The quantitative estimate of drug-likeness (QED) is 0.177. The van der Waals surface area contributed by atoms with E-state index >= 15 is 0 Å². The van der Waals surface area contributed by atoms with Crippen LogP contribution in [0, 0.1) is 0 Å². The summed E-state index contributed by atoms with van der Waals surface area (Å²) < 4.78 is 10.5. The fraction of sp³-hybridized carbons (Fsp3) is 0.345. The number of nitrogens with one attached hydrogen (secondary N) is 2. The number of hydrogen-bond donors (Lipinski definition) is 2. The van der Waals surface area contributed by atoms with Gasteiger partial charge in [-0.1, -0.05) is 12.5 Å². The van der Waals surface area contributed by atoms with Crippen LogP contribution in [0.4, 0.5) is 10.7 Å². The molecule has 9 heteroatoms. The number of anilines is 2. The summed E-state index contributed by atoms with van der Waals surface area (Å²) in [6.07, 6.45) is 5.00. The third-order valence-electron chi connectivity index (χ3n) is 6.26. The van der Waals surface area contributed by atoms with Gasteiger partial charge in [0, 0.05) is 21.0 Å². The second-order valence-corrected chi connectivity index (χ2v) is 11.5. The van der Waals surface area contributed by atoms with E-state index in [-0.39, 0.29) is 24.4 Å². The number of rotatable bonds is 9. The number of amides is 2. The lowest BCUT2D eigenvalue weighted by molar-refractivity contribution is -0.115. The SMILES string of the molecule is CCOC(=O)c1c(NC(=O)C(C)Sc2cccc(NC(=O)c3ccc(OC)cc3)c2)sc2c1CCCCC2. The number of methoxy groups -OCH3 is 1. The Morgan fingerprint density at radius 3 is 2.53 bits per heavy atom. The minimum Gasteiger partial charge on any atom is -0.497 e. The maximum atomic E-state index is 13.2. The fourth-order valence-corrected chi connectivity index (χ4v) is 6.52. The van der Waals surface area contributed by atoms with Crippen LogP contribution < -0.4 is 15.4 Å². The Morgan fingerprint density at radius 1 is 1.03 bits per heavy atom. The summed E-state index contributed by atoms with van der Waals surface area (Å²) >= 11 is 2.88. The summed E-state index contributed by atoms with van der Waals surface area (Å²) in [4.78, 5) is 40.6. The molecule has 0 fully saturated rings. The highest BCUT2D eigenvalue weighted by Crippen LogP contribution is 2.38. The normalized spacial score (nSPS) is 13.6. The molecule has 200 valence electrons. The Hall–Kier alpha value is -3.30. The smallest absolute Gasteiger partial charge is 0.341 e. The number of aryl methyl sites for hydroxylation is 1. The molecule has 1 heterocycles. The zero-order chi connectivity index (χ0) is 27.1. The molecule has 1 aliphatic rings. The molecule has 2 N–H and O–H groups in total. The third-order valence-corrected chi connectivity index (χ3v) is 8.56. The van der Waals surface area contributed by atoms with Crippen molar-refractivity contribution < 1.29 is 23.9 Å². The van der Waals surface area contributed by atoms with Crippen molar-refractivity contribution in [2.45, 2.75) is 56.1 Å². The van der Waals surface area contributed by atoms with E-state index < -0.39 is 5.25 Å².